The first-order valence-electron chi connectivity index (χ1n) is 4.97. The molecule has 0 aliphatic rings. The van der Waals surface area contributed by atoms with Crippen LogP contribution < -0.4 is 0 Å². The number of ether oxygens (including phenoxy) is 1. The molecule has 0 N–H and O–H groups in total. The molecule has 0 aromatic heterocycles. The van der Waals surface area contributed by atoms with Crippen LogP contribution in [0.5, 0.6) is 0 Å². The van der Waals surface area contributed by atoms with Gasteiger partial charge >= 0.3 is 0 Å². The second-order valence-electron chi connectivity index (χ2n) is 3.75. The van der Waals surface area contributed by atoms with Gasteiger partial charge in [0, 0.05) is 20.2 Å². The van der Waals surface area contributed by atoms with Gasteiger partial charge in [-0.15, -0.1) is 0 Å². The van der Waals surface area contributed by atoms with E-state index in [0.717, 1.165) is 12.0 Å². The third kappa shape index (κ3) is 5.75. The molecule has 0 rings (SSSR count). The maximum absolute atomic E-state index is 11.3. The number of carbonyl (C=O) groups is 1. The van der Waals surface area contributed by atoms with E-state index in [2.05, 4.69) is 6.92 Å². The molecule has 0 aromatic rings. The average Bonchev–Trinajstić information content (AvgIpc) is 2.13. The summed E-state index contributed by atoms with van der Waals surface area (Å²) in [4.78, 5) is 12.8. The molecule has 3 nitrogen and oxygen atoms in total. The molecule has 1 atom stereocenters. The van der Waals surface area contributed by atoms with Gasteiger partial charge in [-0.25, -0.2) is 0 Å². The predicted molar refractivity (Wildman–Crippen MR) is 58.2 cm³/mol. The summed E-state index contributed by atoms with van der Waals surface area (Å²) >= 11 is 0. The lowest BCUT2D eigenvalue weighted by atomic mass is 10.2. The van der Waals surface area contributed by atoms with Crippen LogP contribution in [0.15, 0.2) is 11.6 Å². The monoisotopic (exact) mass is 199 g/mol. The molecule has 0 saturated carbocycles. The second kappa shape index (κ2) is 6.60. The lowest BCUT2D eigenvalue weighted by Crippen LogP contribution is -2.20. The van der Waals surface area contributed by atoms with E-state index in [9.17, 15) is 4.79 Å². The molecule has 0 fully saturated rings. The Kier molecular flexibility index (Phi) is 6.21. The topological polar surface area (TPSA) is 29.5 Å². The van der Waals surface area contributed by atoms with Crippen molar-refractivity contribution in [1.82, 2.24) is 4.90 Å². The van der Waals surface area contributed by atoms with Crippen LogP contribution in [0.3, 0.4) is 0 Å². The molecule has 0 radical (unpaired) electrons. The van der Waals surface area contributed by atoms with Crippen molar-refractivity contribution in [3.63, 3.8) is 0 Å². The van der Waals surface area contributed by atoms with E-state index in [1.165, 1.54) is 0 Å². The maximum Gasteiger partial charge on any atom is 0.246 e. The van der Waals surface area contributed by atoms with E-state index in [1.807, 2.05) is 13.8 Å². The van der Waals surface area contributed by atoms with E-state index in [4.69, 9.17) is 4.74 Å². The Hall–Kier alpha value is -0.830. The number of nitrogens with zero attached hydrogens (tertiary/aromatic N) is 1. The summed E-state index contributed by atoms with van der Waals surface area (Å²) in [7, 11) is 3.48. The maximum atomic E-state index is 11.3. The van der Waals surface area contributed by atoms with Crippen LogP contribution in [-0.2, 0) is 9.53 Å². The zero-order valence-corrected chi connectivity index (χ0v) is 9.83. The lowest BCUT2D eigenvalue weighted by molar-refractivity contribution is -0.123. The van der Waals surface area contributed by atoms with Gasteiger partial charge in [-0.3, -0.25) is 4.79 Å². The molecule has 82 valence electrons. The van der Waals surface area contributed by atoms with Crippen molar-refractivity contribution in [3.8, 4) is 0 Å². The fourth-order valence-electron chi connectivity index (χ4n) is 0.773. The third-order valence-electron chi connectivity index (χ3n) is 1.98. The number of rotatable bonds is 5. The molecule has 0 aromatic carbocycles. The average molecular weight is 199 g/mol. The number of hydrogen-bond donors (Lipinski definition) is 0. The molecular weight excluding hydrogens is 178 g/mol. The smallest absolute Gasteiger partial charge is 0.246 e. The zero-order chi connectivity index (χ0) is 11.1. The number of hydrogen-bond acceptors (Lipinski definition) is 2. The molecule has 0 heterocycles. The van der Waals surface area contributed by atoms with Gasteiger partial charge in [0.1, 0.15) is 0 Å². The van der Waals surface area contributed by atoms with Crippen molar-refractivity contribution < 1.29 is 9.53 Å². The summed E-state index contributed by atoms with van der Waals surface area (Å²) in [5.41, 5.74) is 0.962. The minimum absolute atomic E-state index is 0.00949. The molecule has 1 amide bonds. The zero-order valence-electron chi connectivity index (χ0n) is 9.83. The molecule has 1 unspecified atom stereocenters. The molecule has 14 heavy (non-hydrogen) atoms. The Morgan fingerprint density at radius 2 is 2.07 bits per heavy atom. The highest BCUT2D eigenvalue weighted by atomic mass is 16.5. The van der Waals surface area contributed by atoms with Gasteiger partial charge in [-0.05, 0) is 25.8 Å². The van der Waals surface area contributed by atoms with Crippen molar-refractivity contribution in [1.29, 1.82) is 0 Å². The summed E-state index contributed by atoms with van der Waals surface area (Å²) in [6.07, 6.45) is 2.87. The van der Waals surface area contributed by atoms with E-state index in [-0.39, 0.29) is 12.0 Å². The first-order chi connectivity index (χ1) is 6.47. The van der Waals surface area contributed by atoms with E-state index in [0.29, 0.717) is 6.61 Å². The highest BCUT2D eigenvalue weighted by Crippen LogP contribution is 2.01. The first kappa shape index (κ1) is 13.2. The van der Waals surface area contributed by atoms with Crippen LogP contribution in [0.25, 0.3) is 0 Å². The fourth-order valence-corrected chi connectivity index (χ4v) is 0.773. The number of amides is 1. The molecular formula is C11H21NO2. The first-order valence-corrected chi connectivity index (χ1v) is 4.97. The summed E-state index contributed by atoms with van der Waals surface area (Å²) in [5.74, 6) is 0.00949. The second-order valence-corrected chi connectivity index (χ2v) is 3.75. The third-order valence-corrected chi connectivity index (χ3v) is 1.98. The summed E-state index contributed by atoms with van der Waals surface area (Å²) in [6, 6.07) is 0. The van der Waals surface area contributed by atoms with Gasteiger partial charge in [-0.1, -0.05) is 6.92 Å². The number of carbonyl (C=O) groups excluding carboxylic acids is 1. The highest BCUT2D eigenvalue weighted by Gasteiger charge is 2.02. The van der Waals surface area contributed by atoms with Crippen LogP contribution in [-0.4, -0.2) is 37.6 Å². The normalized spacial score (nSPS) is 13.9. The van der Waals surface area contributed by atoms with Crippen LogP contribution in [0.2, 0.25) is 0 Å². The van der Waals surface area contributed by atoms with Crippen LogP contribution in [0, 0.1) is 0 Å². The van der Waals surface area contributed by atoms with E-state index >= 15 is 0 Å². The Balaban J connectivity index is 3.95. The van der Waals surface area contributed by atoms with Crippen molar-refractivity contribution in [3.05, 3.63) is 11.6 Å². The number of likely N-dealkylation sites (N-methyl/N-ethyl adjacent to an activating group) is 1. The lowest BCUT2D eigenvalue weighted by Gasteiger charge is -2.11. The summed E-state index contributed by atoms with van der Waals surface area (Å²) in [6.45, 7) is 6.55. The van der Waals surface area contributed by atoms with Gasteiger partial charge in [0.25, 0.3) is 0 Å². The Labute approximate surface area is 86.7 Å². The van der Waals surface area contributed by atoms with Crippen LogP contribution >= 0.6 is 0 Å². The molecule has 0 aliphatic heterocycles. The van der Waals surface area contributed by atoms with Gasteiger partial charge in [-0.2, -0.15) is 0 Å². The Bertz CT molecular complexity index is 209. The van der Waals surface area contributed by atoms with Crippen molar-refractivity contribution in [2.45, 2.75) is 33.3 Å². The minimum atomic E-state index is 0.00949. The highest BCUT2D eigenvalue weighted by molar-refractivity contribution is 5.87. The minimum Gasteiger partial charge on any atom is -0.374 e. The predicted octanol–water partition coefficient (Wildman–Crippen LogP) is 1.84. The largest absolute Gasteiger partial charge is 0.374 e. The molecule has 0 aliphatic carbocycles. The molecule has 0 spiro atoms. The van der Waals surface area contributed by atoms with Crippen LogP contribution in [0.1, 0.15) is 27.2 Å². The SMILES string of the molecule is CCC(C)OCC(C)=CC(=O)N(C)C. The summed E-state index contributed by atoms with van der Waals surface area (Å²) < 4.78 is 5.49. The summed E-state index contributed by atoms with van der Waals surface area (Å²) in [5, 5.41) is 0. The molecule has 0 bridgehead atoms. The van der Waals surface area contributed by atoms with Gasteiger partial charge in [0.05, 0.1) is 12.7 Å². The van der Waals surface area contributed by atoms with Gasteiger partial charge in [0.15, 0.2) is 0 Å². The van der Waals surface area contributed by atoms with Crippen molar-refractivity contribution >= 4 is 5.91 Å². The molecule has 3 heteroatoms. The quantitative estimate of drug-likeness (QED) is 0.632. The van der Waals surface area contributed by atoms with Gasteiger partial charge in [0.2, 0.25) is 5.91 Å². The van der Waals surface area contributed by atoms with E-state index in [1.54, 1.807) is 25.1 Å². The van der Waals surface area contributed by atoms with Crippen LogP contribution in [0.4, 0.5) is 0 Å². The standard InChI is InChI=1S/C11H21NO2/c1-6-10(3)14-8-9(2)7-11(13)12(4)5/h7,10H,6,8H2,1-5H3. The van der Waals surface area contributed by atoms with Crippen molar-refractivity contribution in [2.24, 2.45) is 0 Å². The Morgan fingerprint density at radius 3 is 2.50 bits per heavy atom. The van der Waals surface area contributed by atoms with E-state index < -0.39 is 0 Å². The van der Waals surface area contributed by atoms with Gasteiger partial charge < -0.3 is 9.64 Å². The Morgan fingerprint density at radius 1 is 1.50 bits per heavy atom. The fraction of sp³-hybridized carbons (Fsp3) is 0.727. The molecule has 0 saturated heterocycles. The van der Waals surface area contributed by atoms with Crippen molar-refractivity contribution in [2.75, 3.05) is 20.7 Å².